The summed E-state index contributed by atoms with van der Waals surface area (Å²) >= 11 is 0. The van der Waals surface area contributed by atoms with E-state index in [9.17, 15) is 4.79 Å². The van der Waals surface area contributed by atoms with E-state index in [0.717, 1.165) is 19.5 Å². The van der Waals surface area contributed by atoms with Crippen LogP contribution in [0, 0.1) is 0 Å². The van der Waals surface area contributed by atoms with Crippen molar-refractivity contribution in [3.8, 4) is 0 Å². The van der Waals surface area contributed by atoms with E-state index in [0.29, 0.717) is 6.54 Å². The second kappa shape index (κ2) is 6.79. The summed E-state index contributed by atoms with van der Waals surface area (Å²) in [4.78, 5) is 15.2. The molecule has 1 unspecified atom stereocenters. The summed E-state index contributed by atoms with van der Waals surface area (Å²) in [7, 11) is 3.77. The minimum Gasteiger partial charge on any atom is -0.345 e. The third-order valence-electron chi connectivity index (χ3n) is 2.27. The van der Waals surface area contributed by atoms with Crippen molar-refractivity contribution in [1.29, 1.82) is 0 Å². The molecule has 0 spiro atoms. The van der Waals surface area contributed by atoms with Gasteiger partial charge >= 0.3 is 0 Å². The first-order chi connectivity index (χ1) is 6.47. The molecule has 0 radical (unpaired) electrons. The summed E-state index contributed by atoms with van der Waals surface area (Å²) in [5.74, 6) is 0.166. The first-order valence-corrected chi connectivity index (χ1v) is 5.15. The van der Waals surface area contributed by atoms with E-state index >= 15 is 0 Å². The van der Waals surface area contributed by atoms with E-state index in [1.807, 2.05) is 32.8 Å². The molecule has 0 aliphatic rings. The van der Waals surface area contributed by atoms with Crippen LogP contribution in [-0.4, -0.2) is 55.5 Å². The Morgan fingerprint density at radius 2 is 2.00 bits per heavy atom. The van der Waals surface area contributed by atoms with Crippen molar-refractivity contribution in [3.05, 3.63) is 0 Å². The van der Waals surface area contributed by atoms with E-state index in [1.54, 1.807) is 4.90 Å². The van der Waals surface area contributed by atoms with Crippen LogP contribution in [0.5, 0.6) is 0 Å². The van der Waals surface area contributed by atoms with Crippen molar-refractivity contribution in [1.82, 2.24) is 9.80 Å². The van der Waals surface area contributed by atoms with Crippen LogP contribution < -0.4 is 5.73 Å². The Morgan fingerprint density at radius 3 is 2.43 bits per heavy atom. The summed E-state index contributed by atoms with van der Waals surface area (Å²) in [6, 6.07) is 0.205. The number of nitrogens with two attached hydrogens (primary N) is 1. The van der Waals surface area contributed by atoms with Crippen LogP contribution >= 0.6 is 0 Å². The quantitative estimate of drug-likeness (QED) is 0.665. The molecule has 0 aliphatic carbocycles. The van der Waals surface area contributed by atoms with Gasteiger partial charge in [-0.05, 0) is 33.9 Å². The molecular weight excluding hydrogens is 178 g/mol. The van der Waals surface area contributed by atoms with Crippen LogP contribution in [0.15, 0.2) is 0 Å². The van der Waals surface area contributed by atoms with Gasteiger partial charge in [0.05, 0.1) is 6.54 Å². The third kappa shape index (κ3) is 5.94. The molecule has 84 valence electrons. The number of amides is 1. The Morgan fingerprint density at radius 1 is 1.43 bits per heavy atom. The normalized spacial score (nSPS) is 13.0. The Balaban J connectivity index is 3.71. The number of carbonyl (C=O) groups is 1. The zero-order valence-electron chi connectivity index (χ0n) is 9.79. The van der Waals surface area contributed by atoms with Crippen LogP contribution in [0.4, 0.5) is 0 Å². The molecule has 0 fully saturated rings. The summed E-state index contributed by atoms with van der Waals surface area (Å²) in [6.07, 6.45) is 0.930. The summed E-state index contributed by atoms with van der Waals surface area (Å²) in [5.41, 5.74) is 5.64. The van der Waals surface area contributed by atoms with Crippen molar-refractivity contribution in [2.24, 2.45) is 5.73 Å². The maximum Gasteiger partial charge on any atom is 0.236 e. The molecule has 0 aromatic heterocycles. The Bertz CT molecular complexity index is 171. The van der Waals surface area contributed by atoms with E-state index in [1.165, 1.54) is 0 Å². The van der Waals surface area contributed by atoms with Crippen molar-refractivity contribution in [2.45, 2.75) is 26.3 Å². The first-order valence-electron chi connectivity index (χ1n) is 5.15. The minimum atomic E-state index is 0.166. The molecule has 0 aromatic rings. The van der Waals surface area contributed by atoms with E-state index in [-0.39, 0.29) is 11.9 Å². The van der Waals surface area contributed by atoms with Gasteiger partial charge in [-0.3, -0.25) is 9.69 Å². The number of likely N-dealkylation sites (N-methyl/N-ethyl adjacent to an activating group) is 2. The van der Waals surface area contributed by atoms with Gasteiger partial charge in [0.15, 0.2) is 0 Å². The standard InChI is InChI=1S/C10H23N3O/c1-5-13(4)10(14)8-12(3)7-6-9(2)11/h9H,5-8,11H2,1-4H3. The predicted octanol–water partition coefficient (Wildman–Crippen LogP) is 0.134. The van der Waals surface area contributed by atoms with Crippen LogP contribution in [-0.2, 0) is 4.79 Å². The smallest absolute Gasteiger partial charge is 0.236 e. The molecule has 2 N–H and O–H groups in total. The van der Waals surface area contributed by atoms with E-state index in [4.69, 9.17) is 5.73 Å². The molecule has 0 bridgehead atoms. The van der Waals surface area contributed by atoms with Gasteiger partial charge in [-0.15, -0.1) is 0 Å². The molecular formula is C10H23N3O. The molecule has 0 heterocycles. The highest BCUT2D eigenvalue weighted by atomic mass is 16.2. The van der Waals surface area contributed by atoms with Gasteiger partial charge in [-0.2, -0.15) is 0 Å². The van der Waals surface area contributed by atoms with Crippen molar-refractivity contribution in [2.75, 3.05) is 33.7 Å². The Kier molecular flexibility index (Phi) is 6.49. The molecule has 0 aliphatic heterocycles. The number of hydrogen-bond acceptors (Lipinski definition) is 3. The van der Waals surface area contributed by atoms with Gasteiger partial charge in [-0.25, -0.2) is 0 Å². The van der Waals surface area contributed by atoms with Crippen LogP contribution in [0.3, 0.4) is 0 Å². The zero-order valence-corrected chi connectivity index (χ0v) is 9.79. The minimum absolute atomic E-state index is 0.166. The lowest BCUT2D eigenvalue weighted by Gasteiger charge is -2.21. The van der Waals surface area contributed by atoms with Gasteiger partial charge in [0.1, 0.15) is 0 Å². The van der Waals surface area contributed by atoms with Gasteiger partial charge in [-0.1, -0.05) is 0 Å². The number of rotatable bonds is 6. The zero-order chi connectivity index (χ0) is 11.1. The third-order valence-corrected chi connectivity index (χ3v) is 2.27. The average Bonchev–Trinajstić information content (AvgIpc) is 2.13. The summed E-state index contributed by atoms with van der Waals surface area (Å²) in [5, 5.41) is 0. The number of hydrogen-bond donors (Lipinski definition) is 1. The largest absolute Gasteiger partial charge is 0.345 e. The average molecular weight is 201 g/mol. The summed E-state index contributed by atoms with van der Waals surface area (Å²) in [6.45, 7) is 6.08. The summed E-state index contributed by atoms with van der Waals surface area (Å²) < 4.78 is 0. The molecule has 0 saturated carbocycles. The number of nitrogens with zero attached hydrogens (tertiary/aromatic N) is 2. The molecule has 14 heavy (non-hydrogen) atoms. The lowest BCUT2D eigenvalue weighted by atomic mass is 10.2. The first kappa shape index (κ1) is 13.4. The lowest BCUT2D eigenvalue weighted by molar-refractivity contribution is -0.130. The topological polar surface area (TPSA) is 49.6 Å². The molecule has 1 amide bonds. The van der Waals surface area contributed by atoms with Gasteiger partial charge in [0, 0.05) is 19.6 Å². The van der Waals surface area contributed by atoms with Crippen LogP contribution in [0.25, 0.3) is 0 Å². The van der Waals surface area contributed by atoms with Gasteiger partial charge in [0.2, 0.25) is 5.91 Å². The van der Waals surface area contributed by atoms with E-state index < -0.39 is 0 Å². The Hall–Kier alpha value is -0.610. The maximum absolute atomic E-state index is 11.5. The second-order valence-electron chi connectivity index (χ2n) is 3.91. The highest BCUT2D eigenvalue weighted by molar-refractivity contribution is 5.77. The molecule has 0 aromatic carbocycles. The lowest BCUT2D eigenvalue weighted by Crippen LogP contribution is -2.37. The SMILES string of the molecule is CCN(C)C(=O)CN(C)CCC(C)N. The predicted molar refractivity (Wildman–Crippen MR) is 59.1 cm³/mol. The fourth-order valence-electron chi connectivity index (χ4n) is 1.03. The monoisotopic (exact) mass is 201 g/mol. The number of carbonyl (C=O) groups excluding carboxylic acids is 1. The molecule has 4 heteroatoms. The fraction of sp³-hybridized carbons (Fsp3) is 0.900. The van der Waals surface area contributed by atoms with Crippen LogP contribution in [0.2, 0.25) is 0 Å². The van der Waals surface area contributed by atoms with Gasteiger partial charge < -0.3 is 10.6 Å². The van der Waals surface area contributed by atoms with Crippen molar-refractivity contribution >= 4 is 5.91 Å². The Labute approximate surface area is 87.0 Å². The maximum atomic E-state index is 11.5. The van der Waals surface area contributed by atoms with Gasteiger partial charge in [0.25, 0.3) is 0 Å². The molecule has 4 nitrogen and oxygen atoms in total. The molecule has 1 atom stereocenters. The second-order valence-corrected chi connectivity index (χ2v) is 3.91. The highest BCUT2D eigenvalue weighted by Crippen LogP contribution is 1.93. The molecule has 0 saturated heterocycles. The van der Waals surface area contributed by atoms with Crippen LogP contribution in [0.1, 0.15) is 20.3 Å². The van der Waals surface area contributed by atoms with E-state index in [2.05, 4.69) is 0 Å². The fourth-order valence-corrected chi connectivity index (χ4v) is 1.03. The molecule has 0 rings (SSSR count). The van der Waals surface area contributed by atoms with Crippen molar-refractivity contribution < 1.29 is 4.79 Å². The highest BCUT2D eigenvalue weighted by Gasteiger charge is 2.09. The van der Waals surface area contributed by atoms with Crippen molar-refractivity contribution in [3.63, 3.8) is 0 Å².